The lowest BCUT2D eigenvalue weighted by molar-refractivity contribution is 0.0696. The van der Waals surface area contributed by atoms with E-state index in [4.69, 9.17) is 5.73 Å². The third-order valence-corrected chi connectivity index (χ3v) is 3.76. The minimum absolute atomic E-state index is 0.189. The van der Waals surface area contributed by atoms with Crippen LogP contribution in [0, 0.1) is 6.92 Å². The summed E-state index contributed by atoms with van der Waals surface area (Å²) in [5.74, 6) is -0.990. The molecule has 0 amide bonds. The number of hydrogen-bond acceptors (Lipinski definition) is 5. The Balaban J connectivity index is 2.13. The molecule has 0 radical (unpaired) electrons. The highest BCUT2D eigenvalue weighted by atomic mass is 32.1. The molecule has 0 aliphatic heterocycles. The second kappa shape index (κ2) is 6.02. The molecule has 5 nitrogen and oxygen atoms in total. The number of hydrogen-bond donors (Lipinski definition) is 2. The van der Waals surface area contributed by atoms with Crippen molar-refractivity contribution < 1.29 is 9.90 Å². The number of nitrogens with zero attached hydrogens (tertiary/aromatic N) is 2. The molecule has 2 aromatic rings. The summed E-state index contributed by atoms with van der Waals surface area (Å²) in [4.78, 5) is 17.7. The van der Waals surface area contributed by atoms with Gasteiger partial charge >= 0.3 is 5.97 Å². The summed E-state index contributed by atoms with van der Waals surface area (Å²) < 4.78 is 0. The van der Waals surface area contributed by atoms with Gasteiger partial charge in [-0.15, -0.1) is 11.3 Å². The van der Waals surface area contributed by atoms with Crippen LogP contribution < -0.4 is 5.73 Å². The molecular weight excluding hydrogens is 274 g/mol. The first-order chi connectivity index (χ1) is 9.47. The maximum atomic E-state index is 11.3. The van der Waals surface area contributed by atoms with Crippen molar-refractivity contribution in [3.8, 4) is 0 Å². The van der Waals surface area contributed by atoms with Crippen molar-refractivity contribution >= 4 is 23.0 Å². The number of thiazole rings is 1. The summed E-state index contributed by atoms with van der Waals surface area (Å²) in [5, 5.41) is 12.3. The summed E-state index contributed by atoms with van der Waals surface area (Å²) in [7, 11) is 1.93. The topological polar surface area (TPSA) is 79.5 Å². The minimum Gasteiger partial charge on any atom is -0.478 e. The van der Waals surface area contributed by atoms with Gasteiger partial charge in [0.25, 0.3) is 0 Å². The van der Waals surface area contributed by atoms with Gasteiger partial charge in [0.05, 0.1) is 16.3 Å². The van der Waals surface area contributed by atoms with Crippen LogP contribution in [0.15, 0.2) is 23.6 Å². The molecule has 0 saturated carbocycles. The summed E-state index contributed by atoms with van der Waals surface area (Å²) >= 11 is 1.61. The number of anilines is 1. The molecule has 3 N–H and O–H groups in total. The van der Waals surface area contributed by atoms with Crippen LogP contribution >= 0.6 is 11.3 Å². The average Bonchev–Trinajstić information content (AvgIpc) is 2.74. The van der Waals surface area contributed by atoms with E-state index in [2.05, 4.69) is 4.98 Å². The molecular formula is C14H17N3O2S. The number of benzene rings is 1. The molecule has 1 aromatic carbocycles. The molecule has 2 rings (SSSR count). The van der Waals surface area contributed by atoms with Gasteiger partial charge in [0.2, 0.25) is 0 Å². The van der Waals surface area contributed by atoms with Crippen LogP contribution in [0.2, 0.25) is 0 Å². The van der Waals surface area contributed by atoms with Crippen molar-refractivity contribution in [1.29, 1.82) is 0 Å². The number of nitrogens with two attached hydrogens (primary N) is 1. The fourth-order valence-corrected chi connectivity index (χ4v) is 2.72. The lowest BCUT2D eigenvalue weighted by Crippen LogP contribution is -2.20. The second-order valence-corrected chi connectivity index (χ2v) is 5.78. The maximum absolute atomic E-state index is 11.3. The van der Waals surface area contributed by atoms with Crippen LogP contribution in [0.3, 0.4) is 0 Å². The molecule has 0 bridgehead atoms. The largest absolute Gasteiger partial charge is 0.478 e. The summed E-state index contributed by atoms with van der Waals surface area (Å²) in [6.45, 7) is 3.16. The van der Waals surface area contributed by atoms with Crippen molar-refractivity contribution in [2.24, 2.45) is 0 Å². The van der Waals surface area contributed by atoms with E-state index >= 15 is 0 Å². The molecule has 106 valence electrons. The van der Waals surface area contributed by atoms with Crippen LogP contribution in [-0.4, -0.2) is 28.0 Å². The van der Waals surface area contributed by atoms with Crippen LogP contribution in [-0.2, 0) is 13.1 Å². The van der Waals surface area contributed by atoms with Crippen molar-refractivity contribution in [3.05, 3.63) is 45.4 Å². The Hall–Kier alpha value is -1.92. The Morgan fingerprint density at radius 1 is 1.45 bits per heavy atom. The third kappa shape index (κ3) is 3.34. The van der Waals surface area contributed by atoms with E-state index in [1.165, 1.54) is 0 Å². The molecule has 0 unspecified atom stereocenters. The Morgan fingerprint density at radius 3 is 2.80 bits per heavy atom. The quantitative estimate of drug-likeness (QED) is 0.827. The van der Waals surface area contributed by atoms with Gasteiger partial charge in [0, 0.05) is 24.2 Å². The normalized spacial score (nSPS) is 10.9. The van der Waals surface area contributed by atoms with Gasteiger partial charge in [-0.1, -0.05) is 12.1 Å². The van der Waals surface area contributed by atoms with Gasteiger partial charge < -0.3 is 10.8 Å². The van der Waals surface area contributed by atoms with E-state index < -0.39 is 5.97 Å². The number of aryl methyl sites for hydroxylation is 1. The van der Waals surface area contributed by atoms with E-state index in [0.29, 0.717) is 24.3 Å². The average molecular weight is 291 g/mol. The Morgan fingerprint density at radius 2 is 2.20 bits per heavy atom. The van der Waals surface area contributed by atoms with Gasteiger partial charge in [-0.3, -0.25) is 4.90 Å². The van der Waals surface area contributed by atoms with Crippen LogP contribution in [0.5, 0.6) is 0 Å². The summed E-state index contributed by atoms with van der Waals surface area (Å²) in [6, 6.07) is 5.18. The predicted octanol–water partition coefficient (Wildman–Crippen LogP) is 2.36. The van der Waals surface area contributed by atoms with E-state index in [1.807, 2.05) is 24.3 Å². The molecule has 20 heavy (non-hydrogen) atoms. The van der Waals surface area contributed by atoms with Crippen molar-refractivity contribution in [3.63, 3.8) is 0 Å². The first-order valence-corrected chi connectivity index (χ1v) is 7.05. The summed E-state index contributed by atoms with van der Waals surface area (Å²) in [6.07, 6.45) is 0. The fraction of sp³-hybridized carbons (Fsp3) is 0.286. The number of aromatic carboxylic acids is 1. The molecule has 1 aromatic heterocycles. The standard InChI is InChI=1S/C14H17N3O2S/c1-9-16-11(8-20-9)7-17(2)6-10-4-3-5-12(15)13(10)14(18)19/h3-5,8H,6-7,15H2,1-2H3,(H,18,19). The van der Waals surface area contributed by atoms with Gasteiger partial charge in [0.1, 0.15) is 0 Å². The van der Waals surface area contributed by atoms with Crippen molar-refractivity contribution in [2.45, 2.75) is 20.0 Å². The fourth-order valence-electron chi connectivity index (χ4n) is 2.12. The number of carboxylic acid groups (broad SMARTS) is 1. The third-order valence-electron chi connectivity index (χ3n) is 2.94. The van der Waals surface area contributed by atoms with Crippen molar-refractivity contribution in [1.82, 2.24) is 9.88 Å². The van der Waals surface area contributed by atoms with Gasteiger partial charge in [0.15, 0.2) is 0 Å². The number of nitrogen functional groups attached to an aromatic ring is 1. The number of aromatic nitrogens is 1. The van der Waals surface area contributed by atoms with Crippen LogP contribution in [0.1, 0.15) is 26.6 Å². The van der Waals surface area contributed by atoms with E-state index in [1.54, 1.807) is 29.5 Å². The maximum Gasteiger partial charge on any atom is 0.338 e. The van der Waals surface area contributed by atoms with Crippen LogP contribution in [0.4, 0.5) is 5.69 Å². The number of carboxylic acids is 1. The Kier molecular flexibility index (Phi) is 4.36. The number of carbonyl (C=O) groups is 1. The SMILES string of the molecule is Cc1nc(CN(C)Cc2cccc(N)c2C(=O)O)cs1. The molecule has 0 spiro atoms. The molecule has 0 saturated heterocycles. The predicted molar refractivity (Wildman–Crippen MR) is 79.8 cm³/mol. The zero-order chi connectivity index (χ0) is 14.7. The molecule has 0 fully saturated rings. The molecule has 0 aliphatic rings. The van der Waals surface area contributed by atoms with E-state index in [0.717, 1.165) is 10.7 Å². The second-order valence-electron chi connectivity index (χ2n) is 4.72. The smallest absolute Gasteiger partial charge is 0.338 e. The lowest BCUT2D eigenvalue weighted by Gasteiger charge is -2.17. The molecule has 0 atom stereocenters. The molecule has 0 aliphatic carbocycles. The van der Waals surface area contributed by atoms with Gasteiger partial charge in [-0.2, -0.15) is 0 Å². The lowest BCUT2D eigenvalue weighted by atomic mass is 10.1. The molecule has 6 heteroatoms. The monoisotopic (exact) mass is 291 g/mol. The zero-order valence-corrected chi connectivity index (χ0v) is 12.3. The minimum atomic E-state index is -0.990. The van der Waals surface area contributed by atoms with E-state index in [9.17, 15) is 9.90 Å². The Labute approximate surface area is 121 Å². The van der Waals surface area contributed by atoms with Gasteiger partial charge in [-0.25, -0.2) is 9.78 Å². The van der Waals surface area contributed by atoms with Crippen LogP contribution in [0.25, 0.3) is 0 Å². The first-order valence-electron chi connectivity index (χ1n) is 6.17. The summed E-state index contributed by atoms with van der Waals surface area (Å²) in [5.41, 5.74) is 7.94. The highest BCUT2D eigenvalue weighted by Gasteiger charge is 2.15. The highest BCUT2D eigenvalue weighted by Crippen LogP contribution is 2.19. The first kappa shape index (κ1) is 14.5. The zero-order valence-electron chi connectivity index (χ0n) is 11.5. The van der Waals surface area contributed by atoms with Gasteiger partial charge in [-0.05, 0) is 25.6 Å². The molecule has 1 heterocycles. The Bertz CT molecular complexity index is 625. The number of rotatable bonds is 5. The highest BCUT2D eigenvalue weighted by molar-refractivity contribution is 7.09. The van der Waals surface area contributed by atoms with Crippen molar-refractivity contribution in [2.75, 3.05) is 12.8 Å². The van der Waals surface area contributed by atoms with E-state index in [-0.39, 0.29) is 5.56 Å².